The van der Waals surface area contributed by atoms with E-state index < -0.39 is 11.8 Å². The van der Waals surface area contributed by atoms with E-state index in [2.05, 4.69) is 19.1 Å². The lowest BCUT2D eigenvalue weighted by molar-refractivity contribution is -0.149. The Morgan fingerprint density at radius 3 is 2.44 bits per heavy atom. The molecule has 0 saturated carbocycles. The van der Waals surface area contributed by atoms with Crippen LogP contribution in [-0.2, 0) is 20.7 Å². The van der Waals surface area contributed by atoms with Gasteiger partial charge < -0.3 is 9.64 Å². The minimum Gasteiger partial charge on any atom is -0.377 e. The van der Waals surface area contributed by atoms with Crippen LogP contribution < -0.4 is 5.48 Å². The first-order chi connectivity index (χ1) is 15.7. The predicted molar refractivity (Wildman–Crippen MR) is 126 cm³/mol. The van der Waals surface area contributed by atoms with Crippen molar-refractivity contribution in [2.24, 2.45) is 5.92 Å². The number of rotatable bonds is 15. The number of carbonyl (C=O) groups excluding carboxylic acids is 2. The highest BCUT2D eigenvalue weighted by molar-refractivity contribution is 5.81. The van der Waals surface area contributed by atoms with E-state index in [-0.39, 0.29) is 11.9 Å². The van der Waals surface area contributed by atoms with Crippen LogP contribution in [0.2, 0.25) is 0 Å². The second-order valence-electron chi connectivity index (χ2n) is 8.91. The van der Waals surface area contributed by atoms with Crippen LogP contribution in [0.4, 0.5) is 0 Å². The molecule has 0 aliphatic carbocycles. The second kappa shape index (κ2) is 15.8. The van der Waals surface area contributed by atoms with Gasteiger partial charge in [0, 0.05) is 13.0 Å². The monoisotopic (exact) mass is 446 g/mol. The van der Waals surface area contributed by atoms with Crippen LogP contribution in [0.25, 0.3) is 0 Å². The molecule has 32 heavy (non-hydrogen) atoms. The van der Waals surface area contributed by atoms with Gasteiger partial charge in [-0.25, -0.2) is 5.48 Å². The lowest BCUT2D eigenvalue weighted by Gasteiger charge is -2.39. The van der Waals surface area contributed by atoms with Gasteiger partial charge in [0.1, 0.15) is 0 Å². The van der Waals surface area contributed by atoms with E-state index >= 15 is 0 Å². The molecule has 1 aromatic rings. The molecule has 2 rings (SSSR count). The summed E-state index contributed by atoms with van der Waals surface area (Å²) in [5, 5.41) is 9.31. The molecule has 180 valence electrons. The van der Waals surface area contributed by atoms with Crippen molar-refractivity contribution in [2.75, 3.05) is 19.8 Å². The van der Waals surface area contributed by atoms with E-state index in [4.69, 9.17) is 4.74 Å². The minimum absolute atomic E-state index is 0.100. The van der Waals surface area contributed by atoms with Crippen LogP contribution in [0.15, 0.2) is 30.3 Å². The molecule has 0 bridgehead atoms. The molecule has 0 radical (unpaired) electrons. The van der Waals surface area contributed by atoms with E-state index in [0.29, 0.717) is 32.6 Å². The minimum atomic E-state index is -0.480. The summed E-state index contributed by atoms with van der Waals surface area (Å²) in [6, 6.07) is 9.82. The quantitative estimate of drug-likeness (QED) is 0.228. The number of hydroxylamine groups is 1. The number of nitrogens with one attached hydrogen (secondary N) is 1. The Bertz CT molecular complexity index is 652. The zero-order valence-electron chi connectivity index (χ0n) is 19.8. The van der Waals surface area contributed by atoms with Gasteiger partial charge >= 0.3 is 0 Å². The second-order valence-corrected chi connectivity index (χ2v) is 8.91. The molecule has 2 amide bonds. The third-order valence-corrected chi connectivity index (χ3v) is 6.46. The van der Waals surface area contributed by atoms with Crippen molar-refractivity contribution in [3.63, 3.8) is 0 Å². The topological polar surface area (TPSA) is 78.9 Å². The number of benzene rings is 1. The number of morpholine rings is 1. The maximum Gasteiger partial charge on any atom is 0.248 e. The fourth-order valence-electron chi connectivity index (χ4n) is 4.57. The summed E-state index contributed by atoms with van der Waals surface area (Å²) >= 11 is 0. The molecule has 0 spiro atoms. The smallest absolute Gasteiger partial charge is 0.248 e. The number of unbranched alkanes of at least 4 members (excludes halogenated alkanes) is 7. The third-order valence-electron chi connectivity index (χ3n) is 6.46. The van der Waals surface area contributed by atoms with Crippen LogP contribution in [0.1, 0.15) is 83.1 Å². The Labute approximate surface area is 193 Å². The fraction of sp³-hybridized carbons (Fsp3) is 0.692. The number of amides is 2. The van der Waals surface area contributed by atoms with E-state index in [1.807, 2.05) is 28.6 Å². The molecule has 6 nitrogen and oxygen atoms in total. The average molecular weight is 447 g/mol. The first-order valence-electron chi connectivity index (χ1n) is 12.5. The molecule has 1 aromatic carbocycles. The molecule has 1 saturated heterocycles. The highest BCUT2D eigenvalue weighted by atomic mass is 16.5. The number of aryl methyl sites for hydroxylation is 1. The van der Waals surface area contributed by atoms with Gasteiger partial charge in [0.2, 0.25) is 11.8 Å². The van der Waals surface area contributed by atoms with Crippen molar-refractivity contribution in [2.45, 2.75) is 90.0 Å². The standard InChI is InChI=1S/C26H42N2O4/c1-2-3-4-5-6-7-8-12-18-25(29)28-19-20-32-21-24(28)23(26(30)27-31)17-13-16-22-14-10-9-11-15-22/h9-11,14-15,23-24,31H,2-8,12-13,16-21H2,1H3,(H,27,30)/t23-,24?/m0/s1. The molecular formula is C26H42N2O4. The first-order valence-corrected chi connectivity index (χ1v) is 12.5. The normalized spacial score (nSPS) is 17.2. The molecule has 6 heteroatoms. The van der Waals surface area contributed by atoms with Gasteiger partial charge in [0.15, 0.2) is 0 Å². The summed E-state index contributed by atoms with van der Waals surface area (Å²) in [6.07, 6.45) is 12.3. The van der Waals surface area contributed by atoms with Gasteiger partial charge in [-0.1, -0.05) is 82.2 Å². The maximum atomic E-state index is 13.0. The van der Waals surface area contributed by atoms with Crippen LogP contribution in [0.5, 0.6) is 0 Å². The molecule has 1 aliphatic rings. The Balaban J connectivity index is 1.83. The van der Waals surface area contributed by atoms with Crippen molar-refractivity contribution in [3.05, 3.63) is 35.9 Å². The van der Waals surface area contributed by atoms with Crippen molar-refractivity contribution in [1.82, 2.24) is 10.4 Å². The van der Waals surface area contributed by atoms with E-state index in [0.717, 1.165) is 25.7 Å². The molecule has 1 aliphatic heterocycles. The van der Waals surface area contributed by atoms with Gasteiger partial charge in [-0.3, -0.25) is 14.8 Å². The van der Waals surface area contributed by atoms with Gasteiger partial charge in [-0.15, -0.1) is 0 Å². The molecule has 1 unspecified atom stereocenters. The van der Waals surface area contributed by atoms with Crippen molar-refractivity contribution >= 4 is 11.8 Å². The van der Waals surface area contributed by atoms with Crippen LogP contribution >= 0.6 is 0 Å². The van der Waals surface area contributed by atoms with Crippen LogP contribution in [-0.4, -0.2) is 47.7 Å². The molecule has 0 aromatic heterocycles. The molecule has 1 fully saturated rings. The Morgan fingerprint density at radius 1 is 1.06 bits per heavy atom. The van der Waals surface area contributed by atoms with Crippen molar-refractivity contribution in [1.29, 1.82) is 0 Å². The first kappa shape index (κ1) is 26.3. The summed E-state index contributed by atoms with van der Waals surface area (Å²) in [5.74, 6) is -0.812. The zero-order valence-corrected chi connectivity index (χ0v) is 19.8. The average Bonchev–Trinajstić information content (AvgIpc) is 2.83. The molecule has 2 N–H and O–H groups in total. The molecule has 1 heterocycles. The summed E-state index contributed by atoms with van der Waals surface area (Å²) < 4.78 is 5.64. The predicted octanol–water partition coefficient (Wildman–Crippen LogP) is 4.89. The number of hydrogen-bond donors (Lipinski definition) is 2. The lowest BCUT2D eigenvalue weighted by Crippen LogP contribution is -2.55. The number of ether oxygens (including phenoxy) is 1. The van der Waals surface area contributed by atoms with Gasteiger partial charge in [-0.05, 0) is 31.2 Å². The Morgan fingerprint density at radius 2 is 1.75 bits per heavy atom. The zero-order chi connectivity index (χ0) is 23.0. The van der Waals surface area contributed by atoms with E-state index in [9.17, 15) is 14.8 Å². The molecule has 2 atom stereocenters. The van der Waals surface area contributed by atoms with Gasteiger partial charge in [-0.2, -0.15) is 0 Å². The number of nitrogens with zero attached hydrogens (tertiary/aromatic N) is 1. The summed E-state index contributed by atoms with van der Waals surface area (Å²) in [7, 11) is 0. The third kappa shape index (κ3) is 9.29. The van der Waals surface area contributed by atoms with Gasteiger partial charge in [0.25, 0.3) is 0 Å². The summed E-state index contributed by atoms with van der Waals surface area (Å²) in [6.45, 7) is 3.57. The number of hydrogen-bond acceptors (Lipinski definition) is 4. The summed E-state index contributed by atoms with van der Waals surface area (Å²) in [4.78, 5) is 27.3. The largest absolute Gasteiger partial charge is 0.377 e. The van der Waals surface area contributed by atoms with E-state index in [1.165, 1.54) is 44.1 Å². The van der Waals surface area contributed by atoms with Gasteiger partial charge in [0.05, 0.1) is 25.2 Å². The Hall–Kier alpha value is -1.92. The SMILES string of the molecule is CCCCCCCCCCC(=O)N1CCOCC1[C@H](CCCc1ccccc1)C(=O)NO. The van der Waals surface area contributed by atoms with Crippen LogP contribution in [0.3, 0.4) is 0 Å². The Kier molecular flexibility index (Phi) is 13.0. The summed E-state index contributed by atoms with van der Waals surface area (Å²) in [5.41, 5.74) is 3.04. The van der Waals surface area contributed by atoms with E-state index in [1.54, 1.807) is 0 Å². The maximum absolute atomic E-state index is 13.0. The van der Waals surface area contributed by atoms with Crippen LogP contribution in [0, 0.1) is 5.92 Å². The lowest BCUT2D eigenvalue weighted by atomic mass is 9.90. The van der Waals surface area contributed by atoms with Crippen molar-refractivity contribution < 1.29 is 19.5 Å². The highest BCUT2D eigenvalue weighted by Crippen LogP contribution is 2.23. The number of carbonyl (C=O) groups is 2. The van der Waals surface area contributed by atoms with Crippen molar-refractivity contribution in [3.8, 4) is 0 Å². The molecular weight excluding hydrogens is 404 g/mol. The fourth-order valence-corrected chi connectivity index (χ4v) is 4.57. The highest BCUT2D eigenvalue weighted by Gasteiger charge is 2.36.